The fourth-order valence-electron chi connectivity index (χ4n) is 2.76. The number of H-pyrrole nitrogens is 1. The molecule has 8 heteroatoms. The molecule has 5 nitrogen and oxygen atoms in total. The Bertz CT molecular complexity index is 716. The lowest BCUT2D eigenvalue weighted by Gasteiger charge is -2.22. The molecule has 0 unspecified atom stereocenters. The first kappa shape index (κ1) is 17.6. The van der Waals surface area contributed by atoms with Crippen molar-refractivity contribution < 1.29 is 4.79 Å². The largest absolute Gasteiger partial charge is 0.353 e. The number of aromatic amines is 1. The highest BCUT2D eigenvalue weighted by atomic mass is 35.5. The number of amides is 1. The maximum atomic E-state index is 12.0. The number of halogens is 2. The van der Waals surface area contributed by atoms with Gasteiger partial charge in [0.05, 0.1) is 10.8 Å². The first-order valence-electron chi connectivity index (χ1n) is 7.92. The monoisotopic (exact) mass is 384 g/mol. The molecule has 1 aromatic heterocycles. The van der Waals surface area contributed by atoms with Gasteiger partial charge in [-0.05, 0) is 31.0 Å². The normalized spacial score (nSPS) is 15.4. The molecular formula is C16H18Cl2N4OS. The van der Waals surface area contributed by atoms with Gasteiger partial charge in [0.15, 0.2) is 5.82 Å². The van der Waals surface area contributed by atoms with E-state index < -0.39 is 0 Å². The lowest BCUT2D eigenvalue weighted by Crippen LogP contribution is -2.37. The molecule has 0 aliphatic heterocycles. The number of aromatic nitrogens is 3. The first-order valence-corrected chi connectivity index (χ1v) is 9.66. The van der Waals surface area contributed by atoms with Crippen molar-refractivity contribution in [3.8, 4) is 11.4 Å². The predicted octanol–water partition coefficient (Wildman–Crippen LogP) is 4.32. The Morgan fingerprint density at radius 1 is 1.29 bits per heavy atom. The summed E-state index contributed by atoms with van der Waals surface area (Å²) in [5, 5.41) is 11.7. The van der Waals surface area contributed by atoms with Crippen LogP contribution in [0, 0.1) is 0 Å². The zero-order valence-electron chi connectivity index (χ0n) is 13.0. The van der Waals surface area contributed by atoms with Crippen LogP contribution in [0.5, 0.6) is 0 Å². The summed E-state index contributed by atoms with van der Waals surface area (Å²) in [7, 11) is 0. The molecule has 128 valence electrons. The van der Waals surface area contributed by atoms with Gasteiger partial charge in [-0.2, -0.15) is 0 Å². The van der Waals surface area contributed by atoms with Gasteiger partial charge in [-0.3, -0.25) is 9.89 Å². The van der Waals surface area contributed by atoms with E-state index in [0.29, 0.717) is 32.8 Å². The van der Waals surface area contributed by atoms with Crippen LogP contribution >= 0.6 is 35.0 Å². The minimum absolute atomic E-state index is 0.0303. The summed E-state index contributed by atoms with van der Waals surface area (Å²) in [6.45, 7) is 0. The van der Waals surface area contributed by atoms with Crippen LogP contribution in [0.4, 0.5) is 0 Å². The van der Waals surface area contributed by atoms with E-state index in [1.807, 2.05) is 0 Å². The third-order valence-electron chi connectivity index (χ3n) is 3.95. The number of benzene rings is 1. The molecular weight excluding hydrogens is 367 g/mol. The second-order valence-electron chi connectivity index (χ2n) is 5.78. The Hall–Kier alpha value is -1.24. The van der Waals surface area contributed by atoms with E-state index >= 15 is 0 Å². The van der Waals surface area contributed by atoms with Crippen LogP contribution in [0.2, 0.25) is 10.0 Å². The van der Waals surface area contributed by atoms with E-state index in [0.717, 1.165) is 18.4 Å². The standard InChI is InChI=1S/C16H18Cl2N4OS/c17-10-6-7-12(13(18)8-10)15-20-16(22-21-15)24-9-14(23)19-11-4-2-1-3-5-11/h6-8,11H,1-5,9H2,(H,19,23)(H,20,21,22). The van der Waals surface area contributed by atoms with Gasteiger partial charge in [0.1, 0.15) is 0 Å². The number of rotatable bonds is 5. The Kier molecular flexibility index (Phi) is 6.03. The SMILES string of the molecule is O=C(CSc1n[nH]c(-c2ccc(Cl)cc2Cl)n1)NC1CCCCC1. The lowest BCUT2D eigenvalue weighted by molar-refractivity contribution is -0.119. The molecule has 24 heavy (non-hydrogen) atoms. The van der Waals surface area contributed by atoms with Crippen molar-refractivity contribution in [2.45, 2.75) is 43.3 Å². The Morgan fingerprint density at radius 2 is 2.08 bits per heavy atom. The molecule has 1 aliphatic carbocycles. The van der Waals surface area contributed by atoms with Crippen LogP contribution in [0.3, 0.4) is 0 Å². The van der Waals surface area contributed by atoms with Crippen LogP contribution in [0.1, 0.15) is 32.1 Å². The van der Waals surface area contributed by atoms with E-state index in [1.165, 1.54) is 31.0 Å². The van der Waals surface area contributed by atoms with Gasteiger partial charge in [-0.15, -0.1) is 5.10 Å². The van der Waals surface area contributed by atoms with Crippen molar-refractivity contribution in [1.82, 2.24) is 20.5 Å². The molecule has 1 aliphatic rings. The Morgan fingerprint density at radius 3 is 2.83 bits per heavy atom. The van der Waals surface area contributed by atoms with E-state index in [9.17, 15) is 4.79 Å². The zero-order valence-corrected chi connectivity index (χ0v) is 15.3. The average molecular weight is 385 g/mol. The predicted molar refractivity (Wildman–Crippen MR) is 97.6 cm³/mol. The molecule has 0 saturated heterocycles. The number of hydrogen-bond acceptors (Lipinski definition) is 4. The van der Waals surface area contributed by atoms with Crippen LogP contribution in [-0.4, -0.2) is 32.9 Å². The quantitative estimate of drug-likeness (QED) is 0.752. The zero-order chi connectivity index (χ0) is 16.9. The molecule has 1 saturated carbocycles. The van der Waals surface area contributed by atoms with Crippen LogP contribution in [0.25, 0.3) is 11.4 Å². The summed E-state index contributed by atoms with van der Waals surface area (Å²) >= 11 is 13.4. The van der Waals surface area contributed by atoms with Crippen molar-refractivity contribution in [1.29, 1.82) is 0 Å². The number of carbonyl (C=O) groups excluding carboxylic acids is 1. The number of carbonyl (C=O) groups is 1. The van der Waals surface area contributed by atoms with Gasteiger partial charge in [0.25, 0.3) is 0 Å². The summed E-state index contributed by atoms with van der Waals surface area (Å²) in [6, 6.07) is 5.51. The minimum Gasteiger partial charge on any atom is -0.353 e. The maximum Gasteiger partial charge on any atom is 0.230 e. The Balaban J connectivity index is 1.55. The topological polar surface area (TPSA) is 70.7 Å². The van der Waals surface area contributed by atoms with Gasteiger partial charge in [-0.1, -0.05) is 54.2 Å². The molecule has 2 N–H and O–H groups in total. The first-order chi connectivity index (χ1) is 11.6. The number of hydrogen-bond donors (Lipinski definition) is 2. The van der Waals surface area contributed by atoms with Gasteiger partial charge in [0, 0.05) is 16.6 Å². The highest BCUT2D eigenvalue weighted by molar-refractivity contribution is 7.99. The van der Waals surface area contributed by atoms with Gasteiger partial charge in [0.2, 0.25) is 11.1 Å². The van der Waals surface area contributed by atoms with Crippen molar-refractivity contribution in [2.75, 3.05) is 5.75 Å². The third-order valence-corrected chi connectivity index (χ3v) is 5.35. The van der Waals surface area contributed by atoms with Gasteiger partial charge in [-0.25, -0.2) is 4.98 Å². The van der Waals surface area contributed by atoms with Crippen molar-refractivity contribution in [3.63, 3.8) is 0 Å². The average Bonchev–Trinajstić information content (AvgIpc) is 3.02. The smallest absolute Gasteiger partial charge is 0.230 e. The van der Waals surface area contributed by atoms with Gasteiger partial charge >= 0.3 is 0 Å². The number of nitrogens with one attached hydrogen (secondary N) is 2. The molecule has 0 radical (unpaired) electrons. The number of nitrogens with zero attached hydrogens (tertiary/aromatic N) is 2. The summed E-state index contributed by atoms with van der Waals surface area (Å²) < 4.78 is 0. The fourth-order valence-corrected chi connectivity index (χ4v) is 3.87. The molecule has 1 amide bonds. The summed E-state index contributed by atoms with van der Waals surface area (Å²) in [5.74, 6) is 0.900. The van der Waals surface area contributed by atoms with E-state index in [-0.39, 0.29) is 5.91 Å². The molecule has 0 bridgehead atoms. The highest BCUT2D eigenvalue weighted by Crippen LogP contribution is 2.29. The van der Waals surface area contributed by atoms with E-state index in [1.54, 1.807) is 18.2 Å². The minimum atomic E-state index is 0.0303. The van der Waals surface area contributed by atoms with E-state index in [4.69, 9.17) is 23.2 Å². The summed E-state index contributed by atoms with van der Waals surface area (Å²) in [4.78, 5) is 16.4. The molecule has 2 aromatic rings. The van der Waals surface area contributed by atoms with Crippen LogP contribution in [-0.2, 0) is 4.79 Å². The molecule has 3 rings (SSSR count). The summed E-state index contributed by atoms with van der Waals surface area (Å²) in [5.41, 5.74) is 0.729. The molecule has 1 heterocycles. The maximum absolute atomic E-state index is 12.0. The molecule has 1 aromatic carbocycles. The summed E-state index contributed by atoms with van der Waals surface area (Å²) in [6.07, 6.45) is 5.83. The lowest BCUT2D eigenvalue weighted by atomic mass is 9.95. The number of thioether (sulfide) groups is 1. The highest BCUT2D eigenvalue weighted by Gasteiger charge is 2.16. The second kappa shape index (κ2) is 8.23. The van der Waals surface area contributed by atoms with Crippen molar-refractivity contribution in [3.05, 3.63) is 28.2 Å². The molecule has 0 spiro atoms. The van der Waals surface area contributed by atoms with E-state index in [2.05, 4.69) is 20.5 Å². The third kappa shape index (κ3) is 4.65. The van der Waals surface area contributed by atoms with Crippen LogP contribution < -0.4 is 5.32 Å². The van der Waals surface area contributed by atoms with Crippen LogP contribution in [0.15, 0.2) is 23.4 Å². The van der Waals surface area contributed by atoms with Crippen molar-refractivity contribution in [2.24, 2.45) is 0 Å². The second-order valence-corrected chi connectivity index (χ2v) is 7.57. The van der Waals surface area contributed by atoms with Gasteiger partial charge < -0.3 is 5.32 Å². The fraction of sp³-hybridized carbons (Fsp3) is 0.438. The Labute approximate surface area is 154 Å². The molecule has 0 atom stereocenters. The van der Waals surface area contributed by atoms with Crippen molar-refractivity contribution >= 4 is 40.9 Å². The molecule has 1 fully saturated rings.